The fourth-order valence-electron chi connectivity index (χ4n) is 3.11. The maximum atomic E-state index is 2.28. The largest absolute Gasteiger partial charge is 0.0654 e. The molecule has 122 valence electrons. The first-order valence-electron chi connectivity index (χ1n) is 9.11. The number of rotatable bonds is 7. The average molecular weight is 314 g/mol. The minimum atomic E-state index is 1.20. The third-order valence-corrected chi connectivity index (χ3v) is 4.60. The van der Waals surface area contributed by atoms with Gasteiger partial charge in [0.15, 0.2) is 0 Å². The van der Waals surface area contributed by atoms with Crippen LogP contribution in [0, 0.1) is 0 Å². The molecule has 0 saturated heterocycles. The third-order valence-electron chi connectivity index (χ3n) is 4.60. The van der Waals surface area contributed by atoms with E-state index in [0.29, 0.717) is 0 Å². The van der Waals surface area contributed by atoms with Crippen LogP contribution in [0.2, 0.25) is 0 Å². The fraction of sp³-hybridized carbons (Fsp3) is 0.250. The summed E-state index contributed by atoms with van der Waals surface area (Å²) in [6.45, 7) is 2.26. The van der Waals surface area contributed by atoms with Crippen molar-refractivity contribution >= 4 is 0 Å². The number of unbranched alkanes of at least 4 members (excludes halogenated alkanes) is 3. The number of benzene rings is 3. The highest BCUT2D eigenvalue weighted by atomic mass is 14.1. The molecule has 0 amide bonds. The Bertz CT molecular complexity index is 721. The molecule has 0 heterocycles. The molecule has 0 atom stereocenters. The van der Waals surface area contributed by atoms with Gasteiger partial charge in [0.1, 0.15) is 0 Å². The van der Waals surface area contributed by atoms with Crippen LogP contribution in [-0.2, 0) is 6.42 Å². The van der Waals surface area contributed by atoms with E-state index in [2.05, 4.69) is 85.8 Å². The molecule has 24 heavy (non-hydrogen) atoms. The van der Waals surface area contributed by atoms with Crippen molar-refractivity contribution in [2.75, 3.05) is 0 Å². The summed E-state index contributed by atoms with van der Waals surface area (Å²) in [5.74, 6) is 0. The van der Waals surface area contributed by atoms with Crippen LogP contribution in [0.15, 0.2) is 78.9 Å². The summed E-state index contributed by atoms with van der Waals surface area (Å²) in [6, 6.07) is 28.5. The van der Waals surface area contributed by atoms with Gasteiger partial charge < -0.3 is 0 Å². The van der Waals surface area contributed by atoms with E-state index in [4.69, 9.17) is 0 Å². The predicted octanol–water partition coefficient (Wildman–Crippen LogP) is 7.14. The minimum absolute atomic E-state index is 1.20. The van der Waals surface area contributed by atoms with Gasteiger partial charge in [0.05, 0.1) is 0 Å². The van der Waals surface area contributed by atoms with Crippen molar-refractivity contribution in [3.05, 3.63) is 84.4 Å². The molecule has 0 unspecified atom stereocenters. The summed E-state index contributed by atoms with van der Waals surface area (Å²) in [6.07, 6.45) is 6.51. The molecule has 0 saturated carbocycles. The molecule has 0 nitrogen and oxygen atoms in total. The lowest BCUT2D eigenvalue weighted by Crippen LogP contribution is -1.86. The van der Waals surface area contributed by atoms with E-state index < -0.39 is 0 Å². The van der Waals surface area contributed by atoms with Gasteiger partial charge in [-0.25, -0.2) is 0 Å². The SMILES string of the molecule is CCCCCCc1ccc(-c2ccc(-c3ccccc3)cc2)cc1. The highest BCUT2D eigenvalue weighted by Crippen LogP contribution is 2.25. The van der Waals surface area contributed by atoms with Crippen molar-refractivity contribution in [2.45, 2.75) is 39.0 Å². The van der Waals surface area contributed by atoms with Gasteiger partial charge in [-0.05, 0) is 40.7 Å². The molecule has 0 fully saturated rings. The van der Waals surface area contributed by atoms with Crippen LogP contribution >= 0.6 is 0 Å². The summed E-state index contributed by atoms with van der Waals surface area (Å²) in [5.41, 5.74) is 6.58. The molecule has 0 bridgehead atoms. The van der Waals surface area contributed by atoms with E-state index in [-0.39, 0.29) is 0 Å². The number of hydrogen-bond acceptors (Lipinski definition) is 0. The van der Waals surface area contributed by atoms with Crippen molar-refractivity contribution in [1.29, 1.82) is 0 Å². The Morgan fingerprint density at radius 1 is 0.500 bits per heavy atom. The first-order chi connectivity index (χ1) is 11.9. The van der Waals surface area contributed by atoms with Crippen LogP contribution in [0.4, 0.5) is 0 Å². The molecule has 3 aromatic carbocycles. The van der Waals surface area contributed by atoms with Crippen molar-refractivity contribution < 1.29 is 0 Å². The van der Waals surface area contributed by atoms with Crippen molar-refractivity contribution in [1.82, 2.24) is 0 Å². The second-order valence-electron chi connectivity index (χ2n) is 6.45. The Kier molecular flexibility index (Phi) is 5.85. The lowest BCUT2D eigenvalue weighted by Gasteiger charge is -2.07. The third kappa shape index (κ3) is 4.35. The summed E-state index contributed by atoms with van der Waals surface area (Å²) in [5, 5.41) is 0. The van der Waals surface area contributed by atoms with Gasteiger partial charge >= 0.3 is 0 Å². The molecule has 0 aliphatic heterocycles. The smallest absolute Gasteiger partial charge is 0.0184 e. The summed E-state index contributed by atoms with van der Waals surface area (Å²) >= 11 is 0. The Balaban J connectivity index is 1.66. The Morgan fingerprint density at radius 3 is 1.54 bits per heavy atom. The zero-order valence-electron chi connectivity index (χ0n) is 14.5. The van der Waals surface area contributed by atoms with Gasteiger partial charge in [0.2, 0.25) is 0 Å². The Morgan fingerprint density at radius 2 is 1.00 bits per heavy atom. The first-order valence-corrected chi connectivity index (χ1v) is 9.11. The molecule has 0 aliphatic rings. The number of aryl methyl sites for hydroxylation is 1. The molecule has 0 aliphatic carbocycles. The zero-order chi connectivity index (χ0) is 16.6. The van der Waals surface area contributed by atoms with Crippen molar-refractivity contribution in [3.8, 4) is 22.3 Å². The molecular weight excluding hydrogens is 288 g/mol. The Labute approximate surface area is 146 Å². The molecule has 3 aromatic rings. The van der Waals surface area contributed by atoms with Crippen LogP contribution in [-0.4, -0.2) is 0 Å². The second-order valence-corrected chi connectivity index (χ2v) is 6.45. The summed E-state index contributed by atoms with van der Waals surface area (Å²) < 4.78 is 0. The van der Waals surface area contributed by atoms with E-state index in [9.17, 15) is 0 Å². The molecule has 0 heteroatoms. The van der Waals surface area contributed by atoms with E-state index in [1.807, 2.05) is 0 Å². The van der Waals surface area contributed by atoms with Gasteiger partial charge in [0, 0.05) is 0 Å². The highest BCUT2D eigenvalue weighted by Gasteiger charge is 2.01. The lowest BCUT2D eigenvalue weighted by molar-refractivity contribution is 0.667. The first kappa shape index (κ1) is 16.5. The van der Waals surface area contributed by atoms with Crippen LogP contribution < -0.4 is 0 Å². The van der Waals surface area contributed by atoms with Gasteiger partial charge in [-0.1, -0.05) is 105 Å². The van der Waals surface area contributed by atoms with Gasteiger partial charge in [-0.15, -0.1) is 0 Å². The monoisotopic (exact) mass is 314 g/mol. The van der Waals surface area contributed by atoms with E-state index in [1.165, 1.54) is 59.9 Å². The fourth-order valence-corrected chi connectivity index (χ4v) is 3.11. The topological polar surface area (TPSA) is 0 Å². The quantitative estimate of drug-likeness (QED) is 0.406. The molecule has 0 aromatic heterocycles. The zero-order valence-corrected chi connectivity index (χ0v) is 14.5. The van der Waals surface area contributed by atoms with Gasteiger partial charge in [0.25, 0.3) is 0 Å². The van der Waals surface area contributed by atoms with Crippen molar-refractivity contribution in [3.63, 3.8) is 0 Å². The number of hydrogen-bond donors (Lipinski definition) is 0. The normalized spacial score (nSPS) is 10.7. The maximum Gasteiger partial charge on any atom is -0.0184 e. The van der Waals surface area contributed by atoms with Gasteiger partial charge in [-0.3, -0.25) is 0 Å². The lowest BCUT2D eigenvalue weighted by atomic mass is 9.98. The molecule has 0 N–H and O–H groups in total. The van der Waals surface area contributed by atoms with Crippen LogP contribution in [0.3, 0.4) is 0 Å². The standard InChI is InChI=1S/C24H26/c1-2-3-4-6-9-20-12-14-22(15-13-20)24-18-16-23(17-19-24)21-10-7-5-8-11-21/h5,7-8,10-19H,2-4,6,9H2,1H3. The molecule has 0 radical (unpaired) electrons. The van der Waals surface area contributed by atoms with E-state index in [0.717, 1.165) is 0 Å². The minimum Gasteiger partial charge on any atom is -0.0654 e. The van der Waals surface area contributed by atoms with Gasteiger partial charge in [-0.2, -0.15) is 0 Å². The summed E-state index contributed by atoms with van der Waals surface area (Å²) in [7, 11) is 0. The van der Waals surface area contributed by atoms with Crippen LogP contribution in [0.1, 0.15) is 38.2 Å². The van der Waals surface area contributed by atoms with Crippen LogP contribution in [0.5, 0.6) is 0 Å². The molecule has 3 rings (SSSR count). The highest BCUT2D eigenvalue weighted by molar-refractivity contribution is 5.70. The molecular formula is C24H26. The second kappa shape index (κ2) is 8.49. The Hall–Kier alpha value is -2.34. The van der Waals surface area contributed by atoms with Crippen LogP contribution in [0.25, 0.3) is 22.3 Å². The predicted molar refractivity (Wildman–Crippen MR) is 105 cm³/mol. The van der Waals surface area contributed by atoms with Crippen molar-refractivity contribution in [2.24, 2.45) is 0 Å². The summed E-state index contributed by atoms with van der Waals surface area (Å²) in [4.78, 5) is 0. The maximum absolute atomic E-state index is 2.28. The van der Waals surface area contributed by atoms with E-state index >= 15 is 0 Å². The average Bonchev–Trinajstić information content (AvgIpc) is 2.67. The molecule has 0 spiro atoms. The van der Waals surface area contributed by atoms with E-state index in [1.54, 1.807) is 0 Å².